The van der Waals surface area contributed by atoms with Crippen LogP contribution in [0.25, 0.3) is 0 Å². The van der Waals surface area contributed by atoms with Gasteiger partial charge in [-0.15, -0.1) is 0 Å². The minimum Gasteiger partial charge on any atom is -0.368 e. The van der Waals surface area contributed by atoms with Crippen molar-refractivity contribution in [3.63, 3.8) is 0 Å². The second-order valence-corrected chi connectivity index (χ2v) is 6.69. The van der Waals surface area contributed by atoms with Gasteiger partial charge in [0.1, 0.15) is 0 Å². The fourth-order valence-corrected chi connectivity index (χ4v) is 3.33. The molecule has 0 atom stereocenters. The highest BCUT2D eigenvalue weighted by molar-refractivity contribution is 6.30. The molecule has 1 aromatic heterocycles. The first-order chi connectivity index (χ1) is 12.1. The van der Waals surface area contributed by atoms with E-state index in [1.807, 2.05) is 37.1 Å². The lowest BCUT2D eigenvalue weighted by molar-refractivity contribution is 0.371. The van der Waals surface area contributed by atoms with Gasteiger partial charge in [0.25, 0.3) is 0 Å². The highest BCUT2D eigenvalue weighted by Crippen LogP contribution is 2.25. The van der Waals surface area contributed by atoms with Crippen LogP contribution in [0.3, 0.4) is 0 Å². The van der Waals surface area contributed by atoms with Crippen LogP contribution in [0, 0.1) is 6.92 Å². The van der Waals surface area contributed by atoms with Crippen LogP contribution in [0.15, 0.2) is 35.5 Å². The van der Waals surface area contributed by atoms with Gasteiger partial charge < -0.3 is 15.1 Å². The molecule has 0 radical (unpaired) electrons. The molecule has 25 heavy (non-hydrogen) atoms. The van der Waals surface area contributed by atoms with Gasteiger partial charge in [0, 0.05) is 57.2 Å². The summed E-state index contributed by atoms with van der Waals surface area (Å²) < 4.78 is 1.88. The number of guanidine groups is 1. The predicted molar refractivity (Wildman–Crippen MR) is 103 cm³/mol. The average Bonchev–Trinajstić information content (AvgIpc) is 3.03. The van der Waals surface area contributed by atoms with E-state index >= 15 is 0 Å². The van der Waals surface area contributed by atoms with E-state index in [2.05, 4.69) is 44.3 Å². The smallest absolute Gasteiger partial charge is 0.194 e. The first-order valence-electron chi connectivity index (χ1n) is 8.52. The molecule has 0 aliphatic carbocycles. The van der Waals surface area contributed by atoms with Gasteiger partial charge >= 0.3 is 0 Å². The molecule has 2 heterocycles. The van der Waals surface area contributed by atoms with Crippen molar-refractivity contribution >= 4 is 23.2 Å². The van der Waals surface area contributed by atoms with Gasteiger partial charge in [-0.2, -0.15) is 5.10 Å². The van der Waals surface area contributed by atoms with Crippen LogP contribution in [-0.4, -0.2) is 53.9 Å². The van der Waals surface area contributed by atoms with Crippen LogP contribution in [-0.2, 0) is 13.6 Å². The monoisotopic (exact) mass is 360 g/mol. The first-order valence-corrected chi connectivity index (χ1v) is 8.90. The molecule has 1 aromatic carbocycles. The third kappa shape index (κ3) is 4.07. The third-order valence-electron chi connectivity index (χ3n) is 4.65. The van der Waals surface area contributed by atoms with Crippen molar-refractivity contribution in [1.82, 2.24) is 20.0 Å². The summed E-state index contributed by atoms with van der Waals surface area (Å²) in [6, 6.07) is 8.10. The molecular formula is C18H25ClN6. The number of aromatic nitrogens is 2. The second-order valence-electron chi connectivity index (χ2n) is 6.25. The largest absolute Gasteiger partial charge is 0.368 e. The van der Waals surface area contributed by atoms with E-state index in [1.54, 1.807) is 0 Å². The predicted octanol–water partition coefficient (Wildman–Crippen LogP) is 2.28. The minimum absolute atomic E-state index is 0.719. The molecular weight excluding hydrogens is 336 g/mol. The summed E-state index contributed by atoms with van der Waals surface area (Å²) in [7, 11) is 3.78. The van der Waals surface area contributed by atoms with Crippen LogP contribution in [0.1, 0.15) is 11.3 Å². The molecule has 2 aromatic rings. The lowest BCUT2D eigenvalue weighted by Gasteiger charge is -2.38. The molecule has 3 rings (SSSR count). The van der Waals surface area contributed by atoms with Crippen molar-refractivity contribution in [3.8, 4) is 0 Å². The van der Waals surface area contributed by atoms with Gasteiger partial charge in [0.05, 0.1) is 12.2 Å². The van der Waals surface area contributed by atoms with Crippen molar-refractivity contribution in [3.05, 3.63) is 46.7 Å². The number of rotatable bonds is 3. The lowest BCUT2D eigenvalue weighted by atomic mass is 10.1. The van der Waals surface area contributed by atoms with Crippen molar-refractivity contribution in [2.75, 3.05) is 38.1 Å². The zero-order chi connectivity index (χ0) is 17.8. The fraction of sp³-hybridized carbons (Fsp3) is 0.444. The number of piperazine rings is 1. The van der Waals surface area contributed by atoms with E-state index in [9.17, 15) is 0 Å². The topological polar surface area (TPSA) is 48.7 Å². The summed E-state index contributed by atoms with van der Waals surface area (Å²) in [6.07, 6.45) is 1.81. The Kier molecular flexibility index (Phi) is 5.48. The molecule has 0 unspecified atom stereocenters. The van der Waals surface area contributed by atoms with Crippen LogP contribution >= 0.6 is 11.6 Å². The number of anilines is 1. The van der Waals surface area contributed by atoms with E-state index in [4.69, 9.17) is 11.6 Å². The summed E-state index contributed by atoms with van der Waals surface area (Å²) in [5.74, 6) is 0.934. The Morgan fingerprint density at radius 1 is 1.24 bits per heavy atom. The molecule has 0 spiro atoms. The molecule has 0 bridgehead atoms. The summed E-state index contributed by atoms with van der Waals surface area (Å²) in [4.78, 5) is 9.13. The van der Waals surface area contributed by atoms with Crippen LogP contribution < -0.4 is 10.2 Å². The quantitative estimate of drug-likeness (QED) is 0.674. The average molecular weight is 361 g/mol. The fourth-order valence-electron chi connectivity index (χ4n) is 3.16. The molecule has 1 fully saturated rings. The van der Waals surface area contributed by atoms with Gasteiger partial charge in [-0.25, -0.2) is 0 Å². The van der Waals surface area contributed by atoms with Gasteiger partial charge in [0.2, 0.25) is 0 Å². The molecule has 0 saturated carbocycles. The van der Waals surface area contributed by atoms with Crippen molar-refractivity contribution in [2.24, 2.45) is 12.0 Å². The number of benzene rings is 1. The van der Waals surface area contributed by atoms with Crippen LogP contribution in [0.4, 0.5) is 5.69 Å². The zero-order valence-electron chi connectivity index (χ0n) is 15.0. The number of hydrogen-bond acceptors (Lipinski definition) is 3. The number of halogens is 1. The van der Waals surface area contributed by atoms with Crippen LogP contribution in [0.2, 0.25) is 5.02 Å². The number of aliphatic imine (C=N–C) groups is 1. The Labute approximate surface area is 154 Å². The SMILES string of the molecule is CN=C(NCc1ccnn1C)N1CCN(c2cc(Cl)ccc2C)CC1. The van der Waals surface area contributed by atoms with Gasteiger partial charge in [-0.3, -0.25) is 9.67 Å². The summed E-state index contributed by atoms with van der Waals surface area (Å²) in [5.41, 5.74) is 3.62. The summed E-state index contributed by atoms with van der Waals surface area (Å²) in [5, 5.41) is 8.42. The maximum absolute atomic E-state index is 6.17. The third-order valence-corrected chi connectivity index (χ3v) is 4.89. The van der Waals surface area contributed by atoms with E-state index in [0.29, 0.717) is 0 Å². The second kappa shape index (κ2) is 7.78. The molecule has 1 aliphatic heterocycles. The maximum Gasteiger partial charge on any atom is 0.194 e. The van der Waals surface area contributed by atoms with Crippen molar-refractivity contribution in [2.45, 2.75) is 13.5 Å². The number of nitrogens with zero attached hydrogens (tertiary/aromatic N) is 5. The van der Waals surface area contributed by atoms with Crippen molar-refractivity contribution in [1.29, 1.82) is 0 Å². The minimum atomic E-state index is 0.719. The zero-order valence-corrected chi connectivity index (χ0v) is 15.8. The standard InChI is InChI=1S/C18H25ClN6/c1-14-4-5-15(19)12-17(14)24-8-10-25(11-9-24)18(20-2)21-13-16-6-7-22-23(16)3/h4-7,12H,8-11,13H2,1-3H3,(H,20,21). The number of hydrogen-bond donors (Lipinski definition) is 1. The summed E-state index contributed by atoms with van der Waals surface area (Å²) >= 11 is 6.17. The number of aryl methyl sites for hydroxylation is 2. The lowest BCUT2D eigenvalue weighted by Crippen LogP contribution is -2.52. The highest BCUT2D eigenvalue weighted by Gasteiger charge is 2.21. The van der Waals surface area contributed by atoms with Gasteiger partial charge in [-0.1, -0.05) is 17.7 Å². The molecule has 1 saturated heterocycles. The Balaban J connectivity index is 1.59. The van der Waals surface area contributed by atoms with Crippen molar-refractivity contribution < 1.29 is 0 Å². The molecule has 6 nitrogen and oxygen atoms in total. The van der Waals surface area contributed by atoms with E-state index < -0.39 is 0 Å². The Morgan fingerprint density at radius 3 is 2.64 bits per heavy atom. The molecule has 1 aliphatic rings. The summed E-state index contributed by atoms with van der Waals surface area (Å²) in [6.45, 7) is 6.61. The van der Waals surface area contributed by atoms with Gasteiger partial charge in [-0.05, 0) is 30.7 Å². The van der Waals surface area contributed by atoms with Gasteiger partial charge in [0.15, 0.2) is 5.96 Å². The van der Waals surface area contributed by atoms with Crippen LogP contribution in [0.5, 0.6) is 0 Å². The number of nitrogens with one attached hydrogen (secondary N) is 1. The molecule has 134 valence electrons. The first kappa shape index (κ1) is 17.6. The molecule has 7 heteroatoms. The molecule has 0 amide bonds. The van der Waals surface area contributed by atoms with E-state index in [-0.39, 0.29) is 0 Å². The Morgan fingerprint density at radius 2 is 2.00 bits per heavy atom. The Bertz CT molecular complexity index is 746. The maximum atomic E-state index is 6.17. The van der Waals surface area contributed by atoms with E-state index in [1.165, 1.54) is 11.3 Å². The normalized spacial score (nSPS) is 15.6. The highest BCUT2D eigenvalue weighted by atomic mass is 35.5. The molecule has 1 N–H and O–H groups in total. The Hall–Kier alpha value is -2.21. The van der Waals surface area contributed by atoms with E-state index in [0.717, 1.165) is 49.4 Å².